The van der Waals surface area contributed by atoms with Gasteiger partial charge in [-0.3, -0.25) is 9.69 Å². The number of carbonyl (C=O) groups excluding carboxylic acids is 1. The average Bonchev–Trinajstić information content (AvgIpc) is 3.15. The number of anilines is 1. The van der Waals surface area contributed by atoms with Gasteiger partial charge in [-0.25, -0.2) is 17.2 Å². The van der Waals surface area contributed by atoms with Gasteiger partial charge in [-0.15, -0.1) is 0 Å². The van der Waals surface area contributed by atoms with Crippen LogP contribution in [0.3, 0.4) is 0 Å². The number of aryl methyl sites for hydroxylation is 2. The van der Waals surface area contributed by atoms with Crippen LogP contribution in [-0.4, -0.2) is 56.3 Å². The van der Waals surface area contributed by atoms with Gasteiger partial charge in [0.1, 0.15) is 11.6 Å². The maximum absolute atomic E-state index is 13.2. The first-order valence-corrected chi connectivity index (χ1v) is 11.4. The molecule has 0 radical (unpaired) electrons. The number of piperazine rings is 1. The van der Waals surface area contributed by atoms with E-state index in [1.807, 2.05) is 11.0 Å². The highest BCUT2D eigenvalue weighted by Crippen LogP contribution is 2.26. The first kappa shape index (κ1) is 20.9. The van der Waals surface area contributed by atoms with Crippen molar-refractivity contribution < 1.29 is 22.0 Å². The molecule has 0 bridgehead atoms. The number of carbonyl (C=O) groups is 1. The largest absolute Gasteiger partial charge is 0.325 e. The van der Waals surface area contributed by atoms with Crippen molar-refractivity contribution >= 4 is 21.6 Å². The quantitative estimate of drug-likeness (QED) is 0.783. The van der Waals surface area contributed by atoms with Crippen molar-refractivity contribution in [3.8, 4) is 0 Å². The van der Waals surface area contributed by atoms with Gasteiger partial charge in [0.05, 0.1) is 11.4 Å². The Morgan fingerprint density at radius 2 is 1.60 bits per heavy atom. The van der Waals surface area contributed by atoms with Crippen molar-refractivity contribution in [1.82, 2.24) is 9.21 Å². The Kier molecular flexibility index (Phi) is 5.86. The van der Waals surface area contributed by atoms with Crippen molar-refractivity contribution in [2.45, 2.75) is 24.2 Å². The van der Waals surface area contributed by atoms with Crippen LogP contribution in [0, 0.1) is 11.6 Å². The normalized spacial score (nSPS) is 17.7. The number of nitrogens with zero attached hydrogens (tertiary/aromatic N) is 2. The van der Waals surface area contributed by atoms with E-state index in [9.17, 15) is 22.0 Å². The highest BCUT2D eigenvalue weighted by molar-refractivity contribution is 7.89. The van der Waals surface area contributed by atoms with E-state index in [1.165, 1.54) is 9.87 Å². The van der Waals surface area contributed by atoms with E-state index in [1.54, 1.807) is 12.1 Å². The summed E-state index contributed by atoms with van der Waals surface area (Å²) in [6.07, 6.45) is 2.97. The summed E-state index contributed by atoms with van der Waals surface area (Å²) >= 11 is 0. The maximum Gasteiger partial charge on any atom is 0.243 e. The average molecular weight is 435 g/mol. The van der Waals surface area contributed by atoms with E-state index >= 15 is 0 Å². The van der Waals surface area contributed by atoms with Crippen molar-refractivity contribution in [2.24, 2.45) is 0 Å². The Labute approximate surface area is 174 Å². The minimum atomic E-state index is -3.57. The fourth-order valence-electron chi connectivity index (χ4n) is 4.02. The van der Waals surface area contributed by atoms with Crippen molar-refractivity contribution in [3.05, 3.63) is 59.2 Å². The number of hydrogen-bond donors (Lipinski definition) is 1. The zero-order chi connectivity index (χ0) is 21.3. The van der Waals surface area contributed by atoms with Gasteiger partial charge in [0, 0.05) is 37.9 Å². The van der Waals surface area contributed by atoms with Crippen LogP contribution in [0.2, 0.25) is 0 Å². The molecule has 1 fully saturated rings. The zero-order valence-electron chi connectivity index (χ0n) is 16.4. The van der Waals surface area contributed by atoms with Crippen LogP contribution in [0.15, 0.2) is 41.3 Å². The Bertz CT molecular complexity index is 1050. The summed E-state index contributed by atoms with van der Waals surface area (Å²) in [5.41, 5.74) is 2.39. The predicted molar refractivity (Wildman–Crippen MR) is 109 cm³/mol. The smallest absolute Gasteiger partial charge is 0.243 e. The molecule has 1 aliphatic carbocycles. The molecule has 2 aliphatic rings. The molecule has 160 valence electrons. The van der Waals surface area contributed by atoms with Crippen LogP contribution in [0.1, 0.15) is 17.5 Å². The lowest BCUT2D eigenvalue weighted by molar-refractivity contribution is -0.117. The maximum atomic E-state index is 13.2. The number of hydrogen-bond acceptors (Lipinski definition) is 4. The van der Waals surface area contributed by atoms with E-state index in [4.69, 9.17) is 0 Å². The summed E-state index contributed by atoms with van der Waals surface area (Å²) in [4.78, 5) is 14.3. The van der Waals surface area contributed by atoms with Gasteiger partial charge in [0.25, 0.3) is 0 Å². The van der Waals surface area contributed by atoms with E-state index in [2.05, 4.69) is 5.32 Å². The van der Waals surface area contributed by atoms with Crippen LogP contribution >= 0.6 is 0 Å². The lowest BCUT2D eigenvalue weighted by atomic mass is 10.1. The minimum Gasteiger partial charge on any atom is -0.325 e. The van der Waals surface area contributed by atoms with Crippen LogP contribution in [0.4, 0.5) is 14.5 Å². The van der Waals surface area contributed by atoms with Crippen molar-refractivity contribution in [1.29, 1.82) is 0 Å². The molecule has 0 saturated carbocycles. The van der Waals surface area contributed by atoms with Gasteiger partial charge < -0.3 is 5.32 Å². The molecular weight excluding hydrogens is 412 g/mol. The number of benzene rings is 2. The summed E-state index contributed by atoms with van der Waals surface area (Å²) in [7, 11) is -3.57. The Morgan fingerprint density at radius 1 is 0.933 bits per heavy atom. The zero-order valence-corrected chi connectivity index (χ0v) is 17.2. The third kappa shape index (κ3) is 4.53. The molecule has 1 heterocycles. The first-order chi connectivity index (χ1) is 14.3. The van der Waals surface area contributed by atoms with Crippen LogP contribution in [0.5, 0.6) is 0 Å². The minimum absolute atomic E-state index is 0.0187. The second-order valence-corrected chi connectivity index (χ2v) is 9.61. The summed E-state index contributed by atoms with van der Waals surface area (Å²) in [6, 6.07) is 8.19. The lowest BCUT2D eigenvalue weighted by Gasteiger charge is -2.33. The van der Waals surface area contributed by atoms with Gasteiger partial charge in [0.2, 0.25) is 15.9 Å². The second-order valence-electron chi connectivity index (χ2n) is 7.67. The van der Waals surface area contributed by atoms with Gasteiger partial charge in [-0.1, -0.05) is 6.07 Å². The third-order valence-corrected chi connectivity index (χ3v) is 7.45. The number of amides is 1. The predicted octanol–water partition coefficient (Wildman–Crippen LogP) is 2.40. The summed E-state index contributed by atoms with van der Waals surface area (Å²) in [5, 5.41) is 2.47. The molecular formula is C21H23F2N3O3S. The number of halogens is 2. The fourth-order valence-corrected chi connectivity index (χ4v) is 5.49. The molecule has 0 atom stereocenters. The lowest BCUT2D eigenvalue weighted by Crippen LogP contribution is -2.50. The van der Waals surface area contributed by atoms with Crippen molar-refractivity contribution in [2.75, 3.05) is 38.0 Å². The van der Waals surface area contributed by atoms with Crippen LogP contribution in [-0.2, 0) is 27.7 Å². The molecule has 1 aliphatic heterocycles. The molecule has 0 spiro atoms. The summed E-state index contributed by atoms with van der Waals surface area (Å²) in [5.74, 6) is -1.94. The third-order valence-electron chi connectivity index (χ3n) is 5.55. The van der Waals surface area contributed by atoms with E-state index in [-0.39, 0.29) is 25.3 Å². The molecule has 0 unspecified atom stereocenters. The molecule has 1 saturated heterocycles. The molecule has 0 aromatic heterocycles. The monoisotopic (exact) mass is 435 g/mol. The molecule has 1 amide bonds. The molecule has 4 rings (SSSR count). The highest BCUT2D eigenvalue weighted by Gasteiger charge is 2.30. The second kappa shape index (κ2) is 8.41. The summed E-state index contributed by atoms with van der Waals surface area (Å²) in [6.45, 7) is 1.37. The van der Waals surface area contributed by atoms with Gasteiger partial charge in [-0.05, 0) is 54.7 Å². The molecule has 6 nitrogen and oxygen atoms in total. The molecule has 30 heavy (non-hydrogen) atoms. The SMILES string of the molecule is O=C(CN1CCN(S(=O)(=O)c2ccc3c(c2)CCC3)CC1)Nc1cc(F)cc(F)c1. The van der Waals surface area contributed by atoms with Gasteiger partial charge in [-0.2, -0.15) is 4.31 Å². The fraction of sp³-hybridized carbons (Fsp3) is 0.381. The standard InChI is InChI=1S/C21H23F2N3O3S/c22-17-11-18(23)13-19(12-17)24-21(27)14-25-6-8-26(9-7-25)30(28,29)20-5-4-15-2-1-3-16(15)10-20/h4-5,10-13H,1-3,6-9,14H2,(H,24,27). The van der Waals surface area contributed by atoms with Crippen LogP contribution in [0.25, 0.3) is 0 Å². The van der Waals surface area contributed by atoms with Crippen molar-refractivity contribution in [3.63, 3.8) is 0 Å². The highest BCUT2D eigenvalue weighted by atomic mass is 32.2. The van der Waals surface area contributed by atoms with E-state index in [0.717, 1.165) is 43.0 Å². The Hall–Kier alpha value is -2.36. The van der Waals surface area contributed by atoms with Gasteiger partial charge >= 0.3 is 0 Å². The topological polar surface area (TPSA) is 69.7 Å². The number of fused-ring (bicyclic) bond motifs is 1. The Morgan fingerprint density at radius 3 is 2.30 bits per heavy atom. The van der Waals surface area contributed by atoms with E-state index < -0.39 is 27.6 Å². The molecule has 9 heteroatoms. The molecule has 2 aromatic rings. The molecule has 1 N–H and O–H groups in total. The van der Waals surface area contributed by atoms with Gasteiger partial charge in [0.15, 0.2) is 0 Å². The first-order valence-electron chi connectivity index (χ1n) is 9.91. The number of rotatable bonds is 5. The Balaban J connectivity index is 1.33. The number of sulfonamides is 1. The van der Waals surface area contributed by atoms with E-state index in [0.29, 0.717) is 18.0 Å². The number of nitrogens with one attached hydrogen (secondary N) is 1. The van der Waals surface area contributed by atoms with Crippen LogP contribution < -0.4 is 5.32 Å². The molecule has 2 aromatic carbocycles. The summed E-state index contributed by atoms with van der Waals surface area (Å²) < 4.78 is 53.9.